The molecule has 0 saturated carbocycles. The van der Waals surface area contributed by atoms with Gasteiger partial charge in [0.25, 0.3) is 5.91 Å². The first kappa shape index (κ1) is 14.3. The highest BCUT2D eigenvalue weighted by atomic mass is 16.3. The molecule has 5 heteroatoms. The van der Waals surface area contributed by atoms with Crippen LogP contribution in [-0.4, -0.2) is 33.4 Å². The second-order valence-electron chi connectivity index (χ2n) is 4.29. The predicted molar refractivity (Wildman–Crippen MR) is 67.6 cm³/mol. The van der Waals surface area contributed by atoms with E-state index >= 15 is 0 Å². The zero-order valence-electron chi connectivity index (χ0n) is 10.6. The molecule has 0 heterocycles. The van der Waals surface area contributed by atoms with Gasteiger partial charge < -0.3 is 20.6 Å². The minimum atomic E-state index is -0.963. The van der Waals surface area contributed by atoms with Gasteiger partial charge in [0.05, 0.1) is 5.60 Å². The molecule has 1 aromatic carbocycles. The van der Waals surface area contributed by atoms with Crippen molar-refractivity contribution in [3.63, 3.8) is 0 Å². The smallest absolute Gasteiger partial charge is 0.258 e. The molecule has 5 nitrogen and oxygen atoms in total. The Morgan fingerprint density at radius 2 is 1.72 bits per heavy atom. The van der Waals surface area contributed by atoms with Gasteiger partial charge in [-0.25, -0.2) is 0 Å². The van der Waals surface area contributed by atoms with Gasteiger partial charge >= 0.3 is 0 Å². The van der Waals surface area contributed by atoms with Crippen molar-refractivity contribution < 1.29 is 20.1 Å². The highest BCUT2D eigenvalue weighted by Crippen LogP contribution is 2.26. The zero-order chi connectivity index (χ0) is 13.8. The third-order valence-electron chi connectivity index (χ3n) is 3.14. The van der Waals surface area contributed by atoms with Gasteiger partial charge in [0.2, 0.25) is 0 Å². The average Bonchev–Trinajstić information content (AvgIpc) is 2.36. The van der Waals surface area contributed by atoms with Gasteiger partial charge in [-0.2, -0.15) is 0 Å². The maximum absolute atomic E-state index is 11.8. The number of aromatic hydroxyl groups is 2. The topological polar surface area (TPSA) is 89.8 Å². The summed E-state index contributed by atoms with van der Waals surface area (Å²) >= 11 is 0. The zero-order valence-corrected chi connectivity index (χ0v) is 10.6. The first-order chi connectivity index (χ1) is 8.43. The van der Waals surface area contributed by atoms with Crippen molar-refractivity contribution in [2.24, 2.45) is 0 Å². The molecule has 1 rings (SSSR count). The summed E-state index contributed by atoms with van der Waals surface area (Å²) in [6.45, 7) is 3.73. The van der Waals surface area contributed by atoms with Crippen molar-refractivity contribution in [3.8, 4) is 11.5 Å². The molecule has 0 fully saturated rings. The van der Waals surface area contributed by atoms with Gasteiger partial charge in [-0.15, -0.1) is 0 Å². The van der Waals surface area contributed by atoms with Gasteiger partial charge in [0.15, 0.2) is 0 Å². The molecule has 4 N–H and O–H groups in total. The number of nitrogens with one attached hydrogen (secondary N) is 1. The molecular formula is C13H19NO4. The van der Waals surface area contributed by atoms with Gasteiger partial charge in [-0.05, 0) is 25.0 Å². The van der Waals surface area contributed by atoms with Crippen LogP contribution in [0.3, 0.4) is 0 Å². The Kier molecular flexibility index (Phi) is 4.55. The van der Waals surface area contributed by atoms with E-state index in [0.29, 0.717) is 12.8 Å². The van der Waals surface area contributed by atoms with Crippen molar-refractivity contribution in [2.75, 3.05) is 6.54 Å². The fraction of sp³-hybridized carbons (Fsp3) is 0.462. The van der Waals surface area contributed by atoms with E-state index < -0.39 is 11.5 Å². The highest BCUT2D eigenvalue weighted by Gasteiger charge is 2.24. The molecule has 0 aliphatic rings. The maximum atomic E-state index is 11.8. The Balaban J connectivity index is 2.78. The van der Waals surface area contributed by atoms with E-state index in [0.717, 1.165) is 0 Å². The number of carbonyl (C=O) groups excluding carboxylic acids is 1. The van der Waals surface area contributed by atoms with Gasteiger partial charge in [0, 0.05) is 6.54 Å². The molecule has 100 valence electrons. The first-order valence-electron chi connectivity index (χ1n) is 5.95. The lowest BCUT2D eigenvalue weighted by Gasteiger charge is -2.25. The van der Waals surface area contributed by atoms with E-state index in [1.807, 2.05) is 13.8 Å². The van der Waals surface area contributed by atoms with Crippen LogP contribution in [0.1, 0.15) is 37.0 Å². The number of carbonyl (C=O) groups is 1. The molecule has 0 spiro atoms. The molecule has 0 atom stereocenters. The van der Waals surface area contributed by atoms with Crippen LogP contribution >= 0.6 is 0 Å². The quantitative estimate of drug-likeness (QED) is 0.638. The van der Waals surface area contributed by atoms with E-state index in [1.165, 1.54) is 18.2 Å². The largest absolute Gasteiger partial charge is 0.507 e. The predicted octanol–water partition coefficient (Wildman–Crippen LogP) is 1.38. The summed E-state index contributed by atoms with van der Waals surface area (Å²) in [5.74, 6) is -1.18. The standard InChI is InChI=1S/C13H19NO4/c1-3-13(18,4-2)8-14-12(17)11-9(15)6-5-7-10(11)16/h5-7,15-16,18H,3-4,8H2,1-2H3,(H,14,17). The Bertz CT molecular complexity index is 407. The summed E-state index contributed by atoms with van der Waals surface area (Å²) in [7, 11) is 0. The Labute approximate surface area is 106 Å². The lowest BCUT2D eigenvalue weighted by molar-refractivity contribution is 0.0313. The fourth-order valence-electron chi connectivity index (χ4n) is 1.59. The number of phenolic OH excluding ortho intramolecular Hbond substituents is 2. The molecule has 0 radical (unpaired) electrons. The van der Waals surface area contributed by atoms with Crippen LogP contribution in [0.5, 0.6) is 11.5 Å². The van der Waals surface area contributed by atoms with Crippen LogP contribution in [0.2, 0.25) is 0 Å². The second kappa shape index (κ2) is 5.73. The minimum absolute atomic E-state index is 0.0760. The fourth-order valence-corrected chi connectivity index (χ4v) is 1.59. The number of phenols is 2. The number of hydrogen-bond donors (Lipinski definition) is 4. The highest BCUT2D eigenvalue weighted by molar-refractivity contribution is 5.99. The summed E-state index contributed by atoms with van der Waals surface area (Å²) in [5, 5.41) is 31.6. The van der Waals surface area contributed by atoms with E-state index in [2.05, 4.69) is 5.32 Å². The van der Waals surface area contributed by atoms with Gasteiger partial charge in [-0.1, -0.05) is 19.9 Å². The molecule has 18 heavy (non-hydrogen) atoms. The molecule has 1 aromatic rings. The second-order valence-corrected chi connectivity index (χ2v) is 4.29. The molecule has 0 bridgehead atoms. The first-order valence-corrected chi connectivity index (χ1v) is 5.95. The number of hydrogen-bond acceptors (Lipinski definition) is 4. The van der Waals surface area contributed by atoms with Crippen LogP contribution in [0.25, 0.3) is 0 Å². The van der Waals surface area contributed by atoms with Crippen molar-refractivity contribution in [1.82, 2.24) is 5.32 Å². The average molecular weight is 253 g/mol. The van der Waals surface area contributed by atoms with Crippen LogP contribution in [0, 0.1) is 0 Å². The van der Waals surface area contributed by atoms with E-state index in [4.69, 9.17) is 0 Å². The van der Waals surface area contributed by atoms with Crippen LogP contribution in [0.15, 0.2) is 18.2 Å². The summed E-state index contributed by atoms with van der Waals surface area (Å²) in [6.07, 6.45) is 1.02. The molecule has 0 unspecified atom stereocenters. The van der Waals surface area contributed by atoms with E-state index in [9.17, 15) is 20.1 Å². The normalized spacial score (nSPS) is 11.3. The third-order valence-corrected chi connectivity index (χ3v) is 3.14. The SMILES string of the molecule is CCC(O)(CC)CNC(=O)c1c(O)cccc1O. The lowest BCUT2D eigenvalue weighted by atomic mass is 9.97. The number of aliphatic hydroxyl groups is 1. The van der Waals surface area contributed by atoms with Crippen LogP contribution in [-0.2, 0) is 0 Å². The summed E-state index contributed by atoms with van der Waals surface area (Å²) < 4.78 is 0. The molecule has 0 saturated heterocycles. The molecule has 0 aliphatic carbocycles. The number of benzene rings is 1. The molecule has 0 aromatic heterocycles. The summed E-state index contributed by atoms with van der Waals surface area (Å²) in [4.78, 5) is 11.8. The lowest BCUT2D eigenvalue weighted by Crippen LogP contribution is -2.42. The monoisotopic (exact) mass is 253 g/mol. The van der Waals surface area contributed by atoms with E-state index in [1.54, 1.807) is 0 Å². The number of rotatable bonds is 5. The Morgan fingerprint density at radius 3 is 2.17 bits per heavy atom. The van der Waals surface area contributed by atoms with Crippen molar-refractivity contribution in [3.05, 3.63) is 23.8 Å². The molecule has 1 amide bonds. The van der Waals surface area contributed by atoms with Crippen LogP contribution < -0.4 is 5.32 Å². The maximum Gasteiger partial charge on any atom is 0.258 e. The van der Waals surface area contributed by atoms with Crippen molar-refractivity contribution in [2.45, 2.75) is 32.3 Å². The minimum Gasteiger partial charge on any atom is -0.507 e. The van der Waals surface area contributed by atoms with Crippen molar-refractivity contribution in [1.29, 1.82) is 0 Å². The molecular weight excluding hydrogens is 234 g/mol. The Morgan fingerprint density at radius 1 is 1.22 bits per heavy atom. The number of amides is 1. The van der Waals surface area contributed by atoms with Gasteiger partial charge in [0.1, 0.15) is 17.1 Å². The molecule has 0 aliphatic heterocycles. The summed E-state index contributed by atoms with van der Waals surface area (Å²) in [6, 6.07) is 4.08. The van der Waals surface area contributed by atoms with Crippen molar-refractivity contribution >= 4 is 5.91 Å². The van der Waals surface area contributed by atoms with E-state index in [-0.39, 0.29) is 23.6 Å². The van der Waals surface area contributed by atoms with Crippen LogP contribution in [0.4, 0.5) is 0 Å². The third kappa shape index (κ3) is 3.13. The van der Waals surface area contributed by atoms with Gasteiger partial charge in [-0.3, -0.25) is 4.79 Å². The Hall–Kier alpha value is -1.75. The summed E-state index contributed by atoms with van der Waals surface area (Å²) in [5.41, 5.74) is -1.14.